The first-order valence-electron chi connectivity index (χ1n) is 9.43. The van der Waals surface area contributed by atoms with E-state index in [2.05, 4.69) is 43.1 Å². The van der Waals surface area contributed by atoms with Gasteiger partial charge in [0.1, 0.15) is 0 Å². The lowest BCUT2D eigenvalue weighted by molar-refractivity contribution is -0.212. The number of H-pyrrole nitrogens is 1. The van der Waals surface area contributed by atoms with Gasteiger partial charge in [0.2, 0.25) is 0 Å². The number of aliphatic hydroxyl groups excluding tert-OH is 1. The summed E-state index contributed by atoms with van der Waals surface area (Å²) in [6, 6.07) is 8.59. The molecule has 0 saturated heterocycles. The van der Waals surface area contributed by atoms with Crippen molar-refractivity contribution in [1.29, 1.82) is 0 Å². The van der Waals surface area contributed by atoms with Gasteiger partial charge in [-0.05, 0) is 55.6 Å². The van der Waals surface area contributed by atoms with Crippen LogP contribution in [-0.2, 0) is 6.42 Å². The van der Waals surface area contributed by atoms with Crippen molar-refractivity contribution in [1.82, 2.24) is 4.98 Å². The molecule has 0 aliphatic heterocycles. The van der Waals surface area contributed by atoms with E-state index < -0.39 is 17.1 Å². The van der Waals surface area contributed by atoms with Crippen LogP contribution in [0.4, 0.5) is 0 Å². The maximum absolute atomic E-state index is 11.7. The van der Waals surface area contributed by atoms with Crippen molar-refractivity contribution >= 4 is 10.9 Å². The van der Waals surface area contributed by atoms with E-state index in [1.165, 1.54) is 22.2 Å². The first-order chi connectivity index (χ1) is 11.4. The number of hydrogen-bond acceptors (Lipinski definition) is 2. The van der Waals surface area contributed by atoms with Crippen LogP contribution in [0, 0.1) is 17.3 Å². The van der Waals surface area contributed by atoms with Crippen molar-refractivity contribution in [3.63, 3.8) is 0 Å². The van der Waals surface area contributed by atoms with Crippen molar-refractivity contribution in [2.24, 2.45) is 17.3 Å². The summed E-state index contributed by atoms with van der Waals surface area (Å²) in [6.07, 6.45) is 4.35. The Labute approximate surface area is 143 Å². The number of benzene rings is 1. The van der Waals surface area contributed by atoms with E-state index in [0.29, 0.717) is 11.8 Å². The second-order valence-corrected chi connectivity index (χ2v) is 8.94. The van der Waals surface area contributed by atoms with Crippen LogP contribution in [0.5, 0.6) is 0 Å². The van der Waals surface area contributed by atoms with Gasteiger partial charge in [0.15, 0.2) is 0 Å². The fraction of sp³-hybridized carbons (Fsp3) is 0.619. The zero-order valence-corrected chi connectivity index (χ0v) is 14.5. The number of fused-ring (bicyclic) bond motifs is 7. The van der Waals surface area contributed by atoms with Crippen LogP contribution < -0.4 is 0 Å². The molecule has 3 N–H and O–H groups in total. The highest BCUT2D eigenvalue weighted by molar-refractivity contribution is 5.85. The van der Waals surface area contributed by atoms with E-state index in [4.69, 9.17) is 0 Å². The average Bonchev–Trinajstić information content (AvgIpc) is 3.08. The molecule has 1 aromatic carbocycles. The summed E-state index contributed by atoms with van der Waals surface area (Å²) in [7, 11) is 0. The van der Waals surface area contributed by atoms with Crippen LogP contribution >= 0.6 is 0 Å². The topological polar surface area (TPSA) is 56.2 Å². The highest BCUT2D eigenvalue weighted by Gasteiger charge is 2.62. The third kappa shape index (κ3) is 1.65. The Morgan fingerprint density at radius 2 is 1.92 bits per heavy atom. The Kier molecular flexibility index (Phi) is 2.90. The maximum atomic E-state index is 11.7. The van der Waals surface area contributed by atoms with Crippen LogP contribution in [0.1, 0.15) is 56.7 Å². The highest BCUT2D eigenvalue weighted by Crippen LogP contribution is 2.62. The smallest absolute Gasteiger partial charge is 0.0757 e. The molecule has 0 bridgehead atoms. The summed E-state index contributed by atoms with van der Waals surface area (Å²) in [6.45, 7) is 4.12. The minimum atomic E-state index is -0.759. The van der Waals surface area contributed by atoms with Crippen LogP contribution in [-0.4, -0.2) is 26.9 Å². The van der Waals surface area contributed by atoms with Gasteiger partial charge in [0, 0.05) is 27.9 Å². The molecule has 2 aromatic rings. The van der Waals surface area contributed by atoms with Crippen LogP contribution in [0.3, 0.4) is 0 Å². The summed E-state index contributed by atoms with van der Waals surface area (Å²) in [5.41, 5.74) is 2.89. The maximum Gasteiger partial charge on any atom is 0.0757 e. The molecule has 1 heterocycles. The van der Waals surface area contributed by atoms with Gasteiger partial charge in [-0.25, -0.2) is 0 Å². The first-order valence-corrected chi connectivity index (χ1v) is 9.43. The second kappa shape index (κ2) is 4.64. The van der Waals surface area contributed by atoms with Crippen molar-refractivity contribution in [2.75, 3.05) is 0 Å². The van der Waals surface area contributed by atoms with Gasteiger partial charge in [-0.15, -0.1) is 0 Å². The van der Waals surface area contributed by atoms with Gasteiger partial charge in [-0.1, -0.05) is 32.0 Å². The SMILES string of the molecule is CC1(C)[C@@H](O)CCC2C3c4[nH]c5ccccc5c4C[C@H]3CC[C@@]21O. The molecule has 2 saturated carbocycles. The van der Waals surface area contributed by atoms with E-state index >= 15 is 0 Å². The summed E-state index contributed by atoms with van der Waals surface area (Å²) in [5, 5.41) is 23.5. The largest absolute Gasteiger partial charge is 0.392 e. The molecule has 2 fully saturated rings. The Bertz CT molecular complexity index is 807. The van der Waals surface area contributed by atoms with Crippen molar-refractivity contribution in [3.05, 3.63) is 35.5 Å². The Hall–Kier alpha value is -1.32. The summed E-state index contributed by atoms with van der Waals surface area (Å²) in [4.78, 5) is 3.69. The van der Waals surface area contributed by atoms with Crippen LogP contribution in [0.25, 0.3) is 10.9 Å². The lowest BCUT2D eigenvalue weighted by Crippen LogP contribution is -2.62. The third-order valence-electron chi connectivity index (χ3n) is 7.80. The number of aromatic amines is 1. The molecule has 3 heteroatoms. The van der Waals surface area contributed by atoms with Gasteiger partial charge in [-0.3, -0.25) is 0 Å². The zero-order valence-electron chi connectivity index (χ0n) is 14.5. The number of aliphatic hydroxyl groups is 2. The molecule has 5 atom stereocenters. The zero-order chi connectivity index (χ0) is 16.7. The molecule has 0 amide bonds. The molecule has 2 unspecified atom stereocenters. The first kappa shape index (κ1) is 15.0. The van der Waals surface area contributed by atoms with Gasteiger partial charge in [0.25, 0.3) is 0 Å². The molecule has 128 valence electrons. The summed E-state index contributed by atoms with van der Waals surface area (Å²) < 4.78 is 0. The fourth-order valence-electron chi connectivity index (χ4n) is 6.25. The van der Waals surface area contributed by atoms with Crippen molar-refractivity contribution in [3.8, 4) is 0 Å². The molecular formula is C21H27NO2. The summed E-state index contributed by atoms with van der Waals surface area (Å²) in [5.74, 6) is 1.31. The Balaban J connectivity index is 1.64. The fourth-order valence-corrected chi connectivity index (χ4v) is 6.25. The quantitative estimate of drug-likeness (QED) is 0.691. The summed E-state index contributed by atoms with van der Waals surface area (Å²) >= 11 is 0. The minimum absolute atomic E-state index is 0.254. The minimum Gasteiger partial charge on any atom is -0.392 e. The predicted molar refractivity (Wildman–Crippen MR) is 94.9 cm³/mol. The number of para-hydroxylation sites is 1. The van der Waals surface area contributed by atoms with E-state index in [-0.39, 0.29) is 5.92 Å². The highest BCUT2D eigenvalue weighted by atomic mass is 16.3. The van der Waals surface area contributed by atoms with Crippen LogP contribution in [0.2, 0.25) is 0 Å². The van der Waals surface area contributed by atoms with Gasteiger partial charge in [0.05, 0.1) is 11.7 Å². The van der Waals surface area contributed by atoms with Crippen molar-refractivity contribution < 1.29 is 10.2 Å². The van der Waals surface area contributed by atoms with Gasteiger partial charge >= 0.3 is 0 Å². The lowest BCUT2D eigenvalue weighted by atomic mass is 9.50. The predicted octanol–water partition coefficient (Wildman–Crippen LogP) is 3.75. The van der Waals surface area contributed by atoms with E-state index in [1.54, 1.807) is 0 Å². The number of rotatable bonds is 0. The number of aromatic nitrogens is 1. The standard InChI is InChI=1S/C21H27NO2/c1-20(2)17(23)8-7-15-18-12(9-10-21(15,20)24)11-14-13-5-3-4-6-16(13)22-19(14)18/h3-6,12,15,17-18,22-24H,7-11H2,1-2H3/t12-,15?,17+,18?,21-/m1/s1. The van der Waals surface area contributed by atoms with Crippen molar-refractivity contribution in [2.45, 2.75) is 63.6 Å². The molecule has 24 heavy (non-hydrogen) atoms. The third-order valence-corrected chi connectivity index (χ3v) is 7.80. The molecule has 0 spiro atoms. The number of nitrogens with one attached hydrogen (secondary N) is 1. The average molecular weight is 325 g/mol. The van der Waals surface area contributed by atoms with E-state index in [9.17, 15) is 10.2 Å². The molecule has 0 radical (unpaired) electrons. The van der Waals surface area contributed by atoms with Gasteiger partial charge < -0.3 is 15.2 Å². The number of hydrogen-bond donors (Lipinski definition) is 3. The monoisotopic (exact) mass is 325 g/mol. The van der Waals surface area contributed by atoms with E-state index in [1.807, 2.05) is 0 Å². The Morgan fingerprint density at radius 3 is 2.75 bits per heavy atom. The molecule has 5 rings (SSSR count). The molecule has 3 aliphatic rings. The lowest BCUT2D eigenvalue weighted by Gasteiger charge is -2.59. The van der Waals surface area contributed by atoms with Gasteiger partial charge in [-0.2, -0.15) is 0 Å². The second-order valence-electron chi connectivity index (χ2n) is 8.94. The normalized spacial score (nSPS) is 40.2. The molecular weight excluding hydrogens is 298 g/mol. The molecule has 1 aromatic heterocycles. The van der Waals surface area contributed by atoms with Crippen LogP contribution in [0.15, 0.2) is 24.3 Å². The Morgan fingerprint density at radius 1 is 1.12 bits per heavy atom. The molecule has 3 nitrogen and oxygen atoms in total. The van der Waals surface area contributed by atoms with E-state index in [0.717, 1.165) is 32.1 Å². The molecule has 3 aliphatic carbocycles.